The van der Waals surface area contributed by atoms with Gasteiger partial charge in [0.05, 0.1) is 26.2 Å². The SMILES string of the molecule is CCn1cc(CC(=O)N(C)C)c2c(OC)c(/C=C/C(=O)OC)cc(F)c21. The number of benzene rings is 1. The van der Waals surface area contributed by atoms with Crippen molar-refractivity contribution in [3.63, 3.8) is 0 Å². The van der Waals surface area contributed by atoms with Crippen LogP contribution in [-0.4, -0.2) is 49.7 Å². The molecule has 140 valence electrons. The molecule has 0 fully saturated rings. The van der Waals surface area contributed by atoms with Crippen molar-refractivity contribution in [2.45, 2.75) is 19.9 Å². The van der Waals surface area contributed by atoms with Crippen LogP contribution in [-0.2, 0) is 27.3 Å². The van der Waals surface area contributed by atoms with Gasteiger partial charge in [0.25, 0.3) is 0 Å². The highest BCUT2D eigenvalue weighted by Crippen LogP contribution is 2.37. The van der Waals surface area contributed by atoms with Gasteiger partial charge in [0.2, 0.25) is 5.91 Å². The smallest absolute Gasteiger partial charge is 0.330 e. The zero-order valence-electron chi connectivity index (χ0n) is 15.6. The highest BCUT2D eigenvalue weighted by molar-refractivity contribution is 5.97. The topological polar surface area (TPSA) is 60.8 Å². The molecule has 1 aromatic heterocycles. The molecule has 2 rings (SSSR count). The number of fused-ring (bicyclic) bond motifs is 1. The van der Waals surface area contributed by atoms with Gasteiger partial charge in [-0.2, -0.15) is 0 Å². The number of esters is 1. The molecular weight excluding hydrogens is 339 g/mol. The number of hydrogen-bond donors (Lipinski definition) is 0. The number of rotatable bonds is 6. The maximum absolute atomic E-state index is 14.8. The minimum absolute atomic E-state index is 0.0990. The van der Waals surface area contributed by atoms with Crippen LogP contribution in [0.3, 0.4) is 0 Å². The largest absolute Gasteiger partial charge is 0.495 e. The summed E-state index contributed by atoms with van der Waals surface area (Å²) in [6.07, 6.45) is 4.53. The van der Waals surface area contributed by atoms with Crippen LogP contribution in [0.1, 0.15) is 18.1 Å². The molecular formula is C19H23FN2O4. The number of nitrogens with zero attached hydrogens (tertiary/aromatic N) is 2. The molecule has 1 amide bonds. The fourth-order valence-corrected chi connectivity index (χ4v) is 2.81. The fourth-order valence-electron chi connectivity index (χ4n) is 2.81. The number of carbonyl (C=O) groups is 2. The molecule has 1 heterocycles. The quantitative estimate of drug-likeness (QED) is 0.585. The van der Waals surface area contributed by atoms with E-state index >= 15 is 0 Å². The van der Waals surface area contributed by atoms with Gasteiger partial charge in [0.15, 0.2) is 0 Å². The first kappa shape index (κ1) is 19.5. The lowest BCUT2D eigenvalue weighted by Crippen LogP contribution is -2.23. The van der Waals surface area contributed by atoms with Crippen LogP contribution in [0.15, 0.2) is 18.3 Å². The average Bonchev–Trinajstić information content (AvgIpc) is 2.98. The monoisotopic (exact) mass is 362 g/mol. The predicted octanol–water partition coefficient (Wildman–Crippen LogP) is 2.63. The number of halogens is 1. The Balaban J connectivity index is 2.73. The molecule has 0 unspecified atom stereocenters. The summed E-state index contributed by atoms with van der Waals surface area (Å²) in [7, 11) is 6.08. The van der Waals surface area contributed by atoms with E-state index in [1.807, 2.05) is 6.92 Å². The van der Waals surface area contributed by atoms with Crippen LogP contribution in [0.4, 0.5) is 4.39 Å². The minimum atomic E-state index is -0.554. The summed E-state index contributed by atoms with van der Waals surface area (Å²) in [4.78, 5) is 25.0. The average molecular weight is 362 g/mol. The highest BCUT2D eigenvalue weighted by atomic mass is 19.1. The van der Waals surface area contributed by atoms with Gasteiger partial charge in [0.1, 0.15) is 11.6 Å². The van der Waals surface area contributed by atoms with Gasteiger partial charge >= 0.3 is 5.97 Å². The summed E-state index contributed by atoms with van der Waals surface area (Å²) in [5, 5.41) is 0.536. The van der Waals surface area contributed by atoms with Gasteiger partial charge in [-0.05, 0) is 24.6 Å². The third kappa shape index (κ3) is 3.71. The Hall–Kier alpha value is -2.83. The van der Waals surface area contributed by atoms with Crippen molar-refractivity contribution in [2.24, 2.45) is 0 Å². The first-order valence-electron chi connectivity index (χ1n) is 8.18. The summed E-state index contributed by atoms with van der Waals surface area (Å²) >= 11 is 0. The van der Waals surface area contributed by atoms with Gasteiger partial charge in [-0.15, -0.1) is 0 Å². The first-order chi connectivity index (χ1) is 12.3. The Labute approximate surface area is 151 Å². The van der Waals surface area contributed by atoms with E-state index in [0.29, 0.717) is 34.3 Å². The van der Waals surface area contributed by atoms with Crippen LogP contribution in [0.2, 0.25) is 0 Å². The van der Waals surface area contributed by atoms with Crippen molar-refractivity contribution >= 4 is 28.9 Å². The summed E-state index contributed by atoms with van der Waals surface area (Å²) in [5.74, 6) is -0.689. The van der Waals surface area contributed by atoms with Gasteiger partial charge in [-0.3, -0.25) is 4.79 Å². The summed E-state index contributed by atoms with van der Waals surface area (Å²) in [6, 6.07) is 1.31. The second kappa shape index (κ2) is 8.03. The maximum atomic E-state index is 14.8. The van der Waals surface area contributed by atoms with Crippen molar-refractivity contribution < 1.29 is 23.5 Å². The molecule has 0 saturated heterocycles. The van der Waals surface area contributed by atoms with Gasteiger partial charge < -0.3 is 18.9 Å². The molecule has 0 aliphatic carbocycles. The number of aryl methyl sites for hydroxylation is 1. The molecule has 0 spiro atoms. The van der Waals surface area contributed by atoms with Crippen molar-refractivity contribution in [1.29, 1.82) is 0 Å². The lowest BCUT2D eigenvalue weighted by atomic mass is 10.0. The zero-order chi connectivity index (χ0) is 19.4. The molecule has 0 N–H and O–H groups in total. The Morgan fingerprint density at radius 3 is 2.54 bits per heavy atom. The van der Waals surface area contributed by atoms with Crippen LogP contribution in [0.5, 0.6) is 5.75 Å². The predicted molar refractivity (Wildman–Crippen MR) is 97.6 cm³/mol. The van der Waals surface area contributed by atoms with E-state index in [9.17, 15) is 14.0 Å². The lowest BCUT2D eigenvalue weighted by Gasteiger charge is -2.12. The van der Waals surface area contributed by atoms with Crippen molar-refractivity contribution in [1.82, 2.24) is 9.47 Å². The van der Waals surface area contributed by atoms with E-state index < -0.39 is 11.8 Å². The molecule has 0 radical (unpaired) electrons. The normalized spacial score (nSPS) is 11.2. The molecule has 0 aliphatic rings. The van der Waals surface area contributed by atoms with Crippen LogP contribution >= 0.6 is 0 Å². The van der Waals surface area contributed by atoms with E-state index in [-0.39, 0.29) is 12.3 Å². The number of likely N-dealkylation sites (N-methyl/N-ethyl adjacent to an activating group) is 1. The van der Waals surface area contributed by atoms with E-state index in [2.05, 4.69) is 4.74 Å². The number of aromatic nitrogens is 1. The lowest BCUT2D eigenvalue weighted by molar-refractivity contribution is -0.134. The number of ether oxygens (including phenoxy) is 2. The van der Waals surface area contributed by atoms with Crippen LogP contribution in [0.25, 0.3) is 17.0 Å². The molecule has 0 atom stereocenters. The third-order valence-electron chi connectivity index (χ3n) is 4.14. The molecule has 2 aromatic rings. The second-order valence-corrected chi connectivity index (χ2v) is 5.97. The Bertz CT molecular complexity index is 868. The first-order valence-corrected chi connectivity index (χ1v) is 8.18. The van der Waals surface area contributed by atoms with E-state index in [0.717, 1.165) is 0 Å². The molecule has 0 saturated carbocycles. The zero-order valence-corrected chi connectivity index (χ0v) is 15.6. The summed E-state index contributed by atoms with van der Waals surface area (Å²) in [6.45, 7) is 2.44. The fraction of sp³-hybridized carbons (Fsp3) is 0.368. The maximum Gasteiger partial charge on any atom is 0.330 e. The molecule has 26 heavy (non-hydrogen) atoms. The molecule has 0 aliphatic heterocycles. The molecule has 1 aromatic carbocycles. The summed E-state index contributed by atoms with van der Waals surface area (Å²) in [5.41, 5.74) is 1.45. The Kier molecular flexibility index (Phi) is 6.02. The van der Waals surface area contributed by atoms with Crippen LogP contribution < -0.4 is 4.74 Å². The molecule has 6 nitrogen and oxygen atoms in total. The van der Waals surface area contributed by atoms with E-state index in [4.69, 9.17) is 4.74 Å². The minimum Gasteiger partial charge on any atom is -0.495 e. The van der Waals surface area contributed by atoms with Crippen molar-refractivity contribution in [3.05, 3.63) is 35.3 Å². The summed E-state index contributed by atoms with van der Waals surface area (Å²) < 4.78 is 26.6. The van der Waals surface area contributed by atoms with Crippen molar-refractivity contribution in [2.75, 3.05) is 28.3 Å². The molecule has 0 bridgehead atoms. The van der Waals surface area contributed by atoms with Crippen LogP contribution in [0, 0.1) is 5.82 Å². The number of amides is 1. The second-order valence-electron chi connectivity index (χ2n) is 5.97. The Morgan fingerprint density at radius 2 is 2.00 bits per heavy atom. The Morgan fingerprint density at radius 1 is 1.31 bits per heavy atom. The molecule has 7 heteroatoms. The van der Waals surface area contributed by atoms with Gasteiger partial charge in [0, 0.05) is 43.9 Å². The highest BCUT2D eigenvalue weighted by Gasteiger charge is 2.21. The standard InChI is InChI=1S/C19H23FN2O4/c1-6-22-11-13(10-15(23)21(2)3)17-18(22)14(20)9-12(19(17)26-5)7-8-16(24)25-4/h7-9,11H,6,10H2,1-5H3/b8-7+. The van der Waals surface area contributed by atoms with Crippen molar-refractivity contribution in [3.8, 4) is 5.75 Å². The van der Waals surface area contributed by atoms with E-state index in [1.54, 1.807) is 24.9 Å². The third-order valence-corrected chi connectivity index (χ3v) is 4.14. The number of carbonyl (C=O) groups excluding carboxylic acids is 2. The number of methoxy groups -OCH3 is 2. The van der Waals surface area contributed by atoms with E-state index in [1.165, 1.54) is 37.3 Å². The van der Waals surface area contributed by atoms with Gasteiger partial charge in [-0.25, -0.2) is 9.18 Å². The van der Waals surface area contributed by atoms with Gasteiger partial charge in [-0.1, -0.05) is 0 Å². The number of hydrogen-bond acceptors (Lipinski definition) is 4.